The highest BCUT2D eigenvalue weighted by molar-refractivity contribution is 5.71. The number of carbonyl (C=O) groups is 1. The van der Waals surface area contributed by atoms with Crippen molar-refractivity contribution in [3.63, 3.8) is 0 Å². The van der Waals surface area contributed by atoms with Gasteiger partial charge in [0.15, 0.2) is 0 Å². The van der Waals surface area contributed by atoms with E-state index in [1.165, 1.54) is 0 Å². The molecular weight excluding hydrogens is 236 g/mol. The lowest BCUT2D eigenvalue weighted by Crippen LogP contribution is -2.44. The molecular formula is C11H18N4O3. The molecule has 0 saturated carbocycles. The summed E-state index contributed by atoms with van der Waals surface area (Å²) in [4.78, 5) is 19.8. The van der Waals surface area contributed by atoms with Gasteiger partial charge in [-0.1, -0.05) is 0 Å². The molecule has 100 valence electrons. The van der Waals surface area contributed by atoms with Crippen molar-refractivity contribution in [2.75, 3.05) is 44.7 Å². The lowest BCUT2D eigenvalue weighted by atomic mass is 10.3. The van der Waals surface area contributed by atoms with E-state index >= 15 is 0 Å². The Morgan fingerprint density at radius 3 is 2.78 bits per heavy atom. The van der Waals surface area contributed by atoms with E-state index in [4.69, 9.17) is 9.26 Å². The molecule has 0 aliphatic carbocycles. The van der Waals surface area contributed by atoms with Gasteiger partial charge in [-0.05, 0) is 19.1 Å². The fourth-order valence-electron chi connectivity index (χ4n) is 1.79. The normalized spacial score (nSPS) is 16.9. The SMILES string of the molecule is CCOC(=O)Cc1nc(N2CCN(C)CC2)no1. The van der Waals surface area contributed by atoms with Crippen LogP contribution in [0.4, 0.5) is 5.95 Å². The van der Waals surface area contributed by atoms with Crippen molar-refractivity contribution in [3.8, 4) is 0 Å². The van der Waals surface area contributed by atoms with Crippen molar-refractivity contribution < 1.29 is 14.1 Å². The Bertz CT molecular complexity index is 399. The third-order valence-electron chi connectivity index (χ3n) is 2.84. The lowest BCUT2D eigenvalue weighted by molar-refractivity contribution is -0.142. The molecule has 0 atom stereocenters. The Labute approximate surface area is 106 Å². The summed E-state index contributed by atoms with van der Waals surface area (Å²) in [5, 5.41) is 3.89. The third kappa shape index (κ3) is 3.19. The summed E-state index contributed by atoms with van der Waals surface area (Å²) in [6, 6.07) is 0. The van der Waals surface area contributed by atoms with Gasteiger partial charge in [0.2, 0.25) is 5.89 Å². The van der Waals surface area contributed by atoms with Gasteiger partial charge in [-0.25, -0.2) is 0 Å². The molecule has 2 heterocycles. The minimum absolute atomic E-state index is 0.0363. The Morgan fingerprint density at radius 2 is 2.11 bits per heavy atom. The van der Waals surface area contributed by atoms with Crippen LogP contribution in [0.2, 0.25) is 0 Å². The summed E-state index contributed by atoms with van der Waals surface area (Å²) in [5.74, 6) is 0.524. The highest BCUT2D eigenvalue weighted by atomic mass is 16.5. The van der Waals surface area contributed by atoms with E-state index in [0.717, 1.165) is 26.2 Å². The lowest BCUT2D eigenvalue weighted by Gasteiger charge is -2.31. The maximum atomic E-state index is 11.3. The van der Waals surface area contributed by atoms with E-state index in [-0.39, 0.29) is 12.4 Å². The third-order valence-corrected chi connectivity index (χ3v) is 2.84. The number of anilines is 1. The molecule has 1 aromatic rings. The predicted octanol–water partition coefficient (Wildman–Crippen LogP) is -0.0730. The van der Waals surface area contributed by atoms with Crippen LogP contribution in [0.1, 0.15) is 12.8 Å². The van der Waals surface area contributed by atoms with Gasteiger partial charge < -0.3 is 19.1 Å². The Balaban J connectivity index is 1.91. The average Bonchev–Trinajstić information content (AvgIpc) is 2.78. The van der Waals surface area contributed by atoms with Gasteiger partial charge in [0.05, 0.1) is 6.61 Å². The maximum absolute atomic E-state index is 11.3. The summed E-state index contributed by atoms with van der Waals surface area (Å²) in [5.41, 5.74) is 0. The van der Waals surface area contributed by atoms with Gasteiger partial charge in [-0.2, -0.15) is 4.98 Å². The Kier molecular flexibility index (Phi) is 4.14. The number of aromatic nitrogens is 2. The smallest absolute Gasteiger partial charge is 0.315 e. The van der Waals surface area contributed by atoms with Gasteiger partial charge in [0.1, 0.15) is 6.42 Å². The average molecular weight is 254 g/mol. The molecule has 18 heavy (non-hydrogen) atoms. The minimum atomic E-state index is -0.342. The van der Waals surface area contributed by atoms with Crippen molar-refractivity contribution in [2.45, 2.75) is 13.3 Å². The largest absolute Gasteiger partial charge is 0.466 e. The number of carbonyl (C=O) groups excluding carboxylic acids is 1. The molecule has 0 amide bonds. The zero-order valence-electron chi connectivity index (χ0n) is 10.8. The zero-order chi connectivity index (χ0) is 13.0. The number of hydrogen-bond acceptors (Lipinski definition) is 7. The van der Waals surface area contributed by atoms with Gasteiger partial charge in [0, 0.05) is 26.2 Å². The van der Waals surface area contributed by atoms with E-state index in [1.807, 2.05) is 0 Å². The topological polar surface area (TPSA) is 71.7 Å². The van der Waals surface area contributed by atoms with E-state index < -0.39 is 0 Å². The Hall–Kier alpha value is -1.63. The summed E-state index contributed by atoms with van der Waals surface area (Å²) in [7, 11) is 2.08. The first-order chi connectivity index (χ1) is 8.69. The molecule has 0 unspecified atom stereocenters. The highest BCUT2D eigenvalue weighted by Crippen LogP contribution is 2.12. The molecule has 1 saturated heterocycles. The van der Waals surface area contributed by atoms with Gasteiger partial charge in [0.25, 0.3) is 5.95 Å². The monoisotopic (exact) mass is 254 g/mol. The van der Waals surface area contributed by atoms with Crippen LogP contribution >= 0.6 is 0 Å². The number of esters is 1. The molecule has 2 rings (SSSR count). The van der Waals surface area contributed by atoms with Crippen LogP contribution in [-0.2, 0) is 16.0 Å². The molecule has 1 aliphatic rings. The number of rotatable bonds is 4. The van der Waals surface area contributed by atoms with Gasteiger partial charge in [-0.3, -0.25) is 4.79 Å². The van der Waals surface area contributed by atoms with E-state index in [2.05, 4.69) is 27.0 Å². The number of likely N-dealkylation sites (N-methyl/N-ethyl adjacent to an activating group) is 1. The van der Waals surface area contributed by atoms with E-state index in [0.29, 0.717) is 18.4 Å². The number of hydrogen-bond donors (Lipinski definition) is 0. The van der Waals surface area contributed by atoms with Crippen molar-refractivity contribution in [1.29, 1.82) is 0 Å². The van der Waals surface area contributed by atoms with Crippen LogP contribution in [-0.4, -0.2) is 60.8 Å². The van der Waals surface area contributed by atoms with Crippen LogP contribution in [0, 0.1) is 0 Å². The second-order valence-electron chi connectivity index (χ2n) is 4.26. The van der Waals surface area contributed by atoms with E-state index in [9.17, 15) is 4.79 Å². The quantitative estimate of drug-likeness (QED) is 0.696. The predicted molar refractivity (Wildman–Crippen MR) is 64.3 cm³/mol. The fraction of sp³-hybridized carbons (Fsp3) is 0.727. The summed E-state index contributed by atoms with van der Waals surface area (Å²) in [6.07, 6.45) is 0.0363. The van der Waals surface area contributed by atoms with Crippen LogP contribution in [0.25, 0.3) is 0 Å². The maximum Gasteiger partial charge on any atom is 0.315 e. The second-order valence-corrected chi connectivity index (χ2v) is 4.26. The molecule has 1 aliphatic heterocycles. The first-order valence-corrected chi connectivity index (χ1v) is 6.10. The van der Waals surface area contributed by atoms with E-state index in [1.54, 1.807) is 6.92 Å². The Morgan fingerprint density at radius 1 is 1.39 bits per heavy atom. The highest BCUT2D eigenvalue weighted by Gasteiger charge is 2.20. The summed E-state index contributed by atoms with van der Waals surface area (Å²) >= 11 is 0. The number of nitrogens with zero attached hydrogens (tertiary/aromatic N) is 4. The minimum Gasteiger partial charge on any atom is -0.466 e. The van der Waals surface area contributed by atoms with Crippen LogP contribution in [0.5, 0.6) is 0 Å². The standard InChI is InChI=1S/C11H18N4O3/c1-3-17-10(16)8-9-12-11(13-18-9)15-6-4-14(2)5-7-15/h3-8H2,1-2H3. The van der Waals surface area contributed by atoms with Crippen molar-refractivity contribution >= 4 is 11.9 Å². The molecule has 7 heteroatoms. The second kappa shape index (κ2) is 5.81. The van der Waals surface area contributed by atoms with Crippen molar-refractivity contribution in [1.82, 2.24) is 15.0 Å². The molecule has 1 fully saturated rings. The first kappa shape index (κ1) is 12.8. The molecule has 0 aromatic carbocycles. The van der Waals surface area contributed by atoms with Crippen LogP contribution in [0.15, 0.2) is 4.52 Å². The molecule has 0 spiro atoms. The van der Waals surface area contributed by atoms with Crippen molar-refractivity contribution in [2.24, 2.45) is 0 Å². The molecule has 0 N–H and O–H groups in total. The molecule has 0 radical (unpaired) electrons. The van der Waals surface area contributed by atoms with Crippen LogP contribution < -0.4 is 4.90 Å². The number of piperazine rings is 1. The zero-order valence-corrected chi connectivity index (χ0v) is 10.8. The van der Waals surface area contributed by atoms with Gasteiger partial charge in [-0.15, -0.1) is 0 Å². The fourth-order valence-corrected chi connectivity index (χ4v) is 1.79. The molecule has 0 bridgehead atoms. The summed E-state index contributed by atoms with van der Waals surface area (Å²) in [6.45, 7) is 5.81. The van der Waals surface area contributed by atoms with Crippen LogP contribution in [0.3, 0.4) is 0 Å². The van der Waals surface area contributed by atoms with Gasteiger partial charge >= 0.3 is 5.97 Å². The first-order valence-electron chi connectivity index (χ1n) is 6.10. The van der Waals surface area contributed by atoms with Crippen molar-refractivity contribution in [3.05, 3.63) is 5.89 Å². The number of ether oxygens (including phenoxy) is 1. The summed E-state index contributed by atoms with van der Waals surface area (Å²) < 4.78 is 9.87. The molecule has 1 aromatic heterocycles. The molecule has 7 nitrogen and oxygen atoms in total.